The van der Waals surface area contributed by atoms with Gasteiger partial charge in [0.2, 0.25) is 0 Å². The predicted molar refractivity (Wildman–Crippen MR) is 59.8 cm³/mol. The molecule has 0 aliphatic carbocycles. The van der Waals surface area contributed by atoms with Crippen molar-refractivity contribution in [3.63, 3.8) is 0 Å². The molecule has 0 atom stereocenters. The lowest BCUT2D eigenvalue weighted by molar-refractivity contribution is -0.149. The van der Waals surface area contributed by atoms with Gasteiger partial charge in [0.25, 0.3) is 0 Å². The highest BCUT2D eigenvalue weighted by Gasteiger charge is 2.02. The molecule has 0 radical (unpaired) electrons. The van der Waals surface area contributed by atoms with Crippen LogP contribution in [0.4, 0.5) is 0 Å². The summed E-state index contributed by atoms with van der Waals surface area (Å²) in [6, 6.07) is 3.73. The smallest absolute Gasteiger partial charge is 0.332 e. The summed E-state index contributed by atoms with van der Waals surface area (Å²) in [5.41, 5.74) is 0.948. The number of esters is 1. The van der Waals surface area contributed by atoms with Gasteiger partial charge in [-0.25, -0.2) is 4.79 Å². The van der Waals surface area contributed by atoms with E-state index in [-0.39, 0.29) is 12.6 Å². The molecule has 0 fully saturated rings. The van der Waals surface area contributed by atoms with Gasteiger partial charge in [-0.15, -0.1) is 0 Å². The zero-order chi connectivity index (χ0) is 11.6. The van der Waals surface area contributed by atoms with E-state index in [1.807, 2.05) is 19.1 Å². The van der Waals surface area contributed by atoms with Gasteiger partial charge in [0.05, 0.1) is 13.2 Å². The van der Waals surface area contributed by atoms with E-state index in [0.29, 0.717) is 13.2 Å². The Hall–Kier alpha value is -1.42. The van der Waals surface area contributed by atoms with Gasteiger partial charge in [-0.2, -0.15) is 0 Å². The van der Waals surface area contributed by atoms with E-state index in [9.17, 15) is 4.79 Å². The van der Waals surface area contributed by atoms with Crippen LogP contribution in [0.2, 0.25) is 0 Å². The number of hydrogen-bond acceptors (Lipinski definition) is 4. The highest BCUT2D eigenvalue weighted by atomic mass is 16.6. The maximum Gasteiger partial charge on any atom is 0.332 e. The summed E-state index contributed by atoms with van der Waals surface area (Å²) < 4.78 is 10.1. The Morgan fingerprint density at radius 3 is 3.06 bits per heavy atom. The Kier molecular flexibility index (Phi) is 6.18. The minimum absolute atomic E-state index is 0.00138. The van der Waals surface area contributed by atoms with Crippen LogP contribution in [0.1, 0.15) is 25.3 Å². The van der Waals surface area contributed by atoms with E-state index >= 15 is 0 Å². The molecule has 16 heavy (non-hydrogen) atoms. The second-order valence-corrected chi connectivity index (χ2v) is 3.43. The van der Waals surface area contributed by atoms with E-state index < -0.39 is 0 Å². The molecule has 0 unspecified atom stereocenters. The molecule has 0 aromatic carbocycles. The van der Waals surface area contributed by atoms with Crippen molar-refractivity contribution in [2.24, 2.45) is 0 Å². The van der Waals surface area contributed by atoms with Crippen LogP contribution in [0.25, 0.3) is 0 Å². The van der Waals surface area contributed by atoms with Gasteiger partial charge in [-0.05, 0) is 18.1 Å². The zero-order valence-corrected chi connectivity index (χ0v) is 9.52. The molecular formula is C12H17NO3. The van der Waals surface area contributed by atoms with Crippen molar-refractivity contribution in [2.75, 3.05) is 13.2 Å². The molecule has 0 aliphatic heterocycles. The van der Waals surface area contributed by atoms with Crippen molar-refractivity contribution in [1.29, 1.82) is 0 Å². The number of nitrogens with zero attached hydrogens (tertiary/aromatic N) is 1. The third-order valence-electron chi connectivity index (χ3n) is 1.97. The van der Waals surface area contributed by atoms with Crippen LogP contribution in [0.15, 0.2) is 24.5 Å². The monoisotopic (exact) mass is 223 g/mol. The van der Waals surface area contributed by atoms with Gasteiger partial charge in [0, 0.05) is 12.4 Å². The summed E-state index contributed by atoms with van der Waals surface area (Å²) in [5.74, 6) is -0.308. The Morgan fingerprint density at radius 1 is 1.50 bits per heavy atom. The molecule has 1 heterocycles. The standard InChI is InChI=1S/C12H17NO3/c1-2-3-7-16-12(14)10-15-9-11-5-4-6-13-8-11/h4-6,8H,2-3,7,9-10H2,1H3. The number of carbonyl (C=O) groups is 1. The summed E-state index contributed by atoms with van der Waals surface area (Å²) in [6.45, 7) is 2.91. The number of pyridine rings is 1. The molecule has 0 spiro atoms. The first kappa shape index (κ1) is 12.6. The lowest BCUT2D eigenvalue weighted by atomic mass is 10.3. The summed E-state index contributed by atoms with van der Waals surface area (Å²) in [5, 5.41) is 0. The molecule has 0 amide bonds. The fraction of sp³-hybridized carbons (Fsp3) is 0.500. The van der Waals surface area contributed by atoms with Crippen LogP contribution in [-0.2, 0) is 20.9 Å². The zero-order valence-electron chi connectivity index (χ0n) is 9.52. The third kappa shape index (κ3) is 5.46. The van der Waals surface area contributed by atoms with Crippen molar-refractivity contribution >= 4 is 5.97 Å². The number of aromatic nitrogens is 1. The topological polar surface area (TPSA) is 48.4 Å². The average molecular weight is 223 g/mol. The maximum atomic E-state index is 11.1. The minimum Gasteiger partial charge on any atom is -0.464 e. The summed E-state index contributed by atoms with van der Waals surface area (Å²) >= 11 is 0. The molecule has 0 bridgehead atoms. The predicted octanol–water partition coefficient (Wildman–Crippen LogP) is 1.94. The molecule has 0 saturated carbocycles. The average Bonchev–Trinajstić information content (AvgIpc) is 2.31. The van der Waals surface area contributed by atoms with E-state index in [1.54, 1.807) is 12.4 Å². The molecule has 0 saturated heterocycles. The summed E-state index contributed by atoms with van der Waals surface area (Å²) in [6.07, 6.45) is 5.32. The Morgan fingerprint density at radius 2 is 2.38 bits per heavy atom. The quantitative estimate of drug-likeness (QED) is 0.523. The molecule has 4 nitrogen and oxygen atoms in total. The number of rotatable bonds is 7. The lowest BCUT2D eigenvalue weighted by Crippen LogP contribution is -2.13. The van der Waals surface area contributed by atoms with Crippen LogP contribution in [0.3, 0.4) is 0 Å². The van der Waals surface area contributed by atoms with Gasteiger partial charge in [-0.1, -0.05) is 19.4 Å². The van der Waals surface area contributed by atoms with Crippen molar-refractivity contribution in [1.82, 2.24) is 4.98 Å². The normalized spacial score (nSPS) is 10.1. The third-order valence-corrected chi connectivity index (χ3v) is 1.97. The fourth-order valence-electron chi connectivity index (χ4n) is 1.11. The number of carbonyl (C=O) groups excluding carboxylic acids is 1. The van der Waals surface area contributed by atoms with Crippen LogP contribution in [0.5, 0.6) is 0 Å². The maximum absolute atomic E-state index is 11.1. The van der Waals surface area contributed by atoms with Crippen molar-refractivity contribution < 1.29 is 14.3 Å². The SMILES string of the molecule is CCCCOC(=O)COCc1cccnc1. The van der Waals surface area contributed by atoms with Gasteiger partial charge in [0.1, 0.15) is 6.61 Å². The van der Waals surface area contributed by atoms with E-state index in [2.05, 4.69) is 4.98 Å². The van der Waals surface area contributed by atoms with Crippen LogP contribution in [0, 0.1) is 0 Å². The summed E-state index contributed by atoms with van der Waals surface area (Å²) in [4.78, 5) is 15.1. The highest BCUT2D eigenvalue weighted by molar-refractivity contribution is 5.70. The van der Waals surface area contributed by atoms with E-state index in [4.69, 9.17) is 9.47 Å². The van der Waals surface area contributed by atoms with Gasteiger partial charge in [0.15, 0.2) is 0 Å². The molecule has 1 aromatic rings. The summed E-state index contributed by atoms with van der Waals surface area (Å²) in [7, 11) is 0. The van der Waals surface area contributed by atoms with Crippen molar-refractivity contribution in [2.45, 2.75) is 26.4 Å². The fourth-order valence-corrected chi connectivity index (χ4v) is 1.11. The molecule has 88 valence electrons. The first-order valence-electron chi connectivity index (χ1n) is 5.45. The molecule has 1 rings (SSSR count). The van der Waals surface area contributed by atoms with E-state index in [1.165, 1.54) is 0 Å². The first-order chi connectivity index (χ1) is 7.83. The van der Waals surface area contributed by atoms with Crippen LogP contribution >= 0.6 is 0 Å². The minimum atomic E-state index is -0.308. The van der Waals surface area contributed by atoms with E-state index in [0.717, 1.165) is 18.4 Å². The molecule has 0 aliphatic rings. The Balaban J connectivity index is 2.09. The number of ether oxygens (including phenoxy) is 2. The molecule has 0 N–H and O–H groups in total. The van der Waals surface area contributed by atoms with Crippen molar-refractivity contribution in [3.05, 3.63) is 30.1 Å². The number of hydrogen-bond donors (Lipinski definition) is 0. The Bertz CT molecular complexity index is 300. The first-order valence-corrected chi connectivity index (χ1v) is 5.45. The van der Waals surface area contributed by atoms with Crippen LogP contribution < -0.4 is 0 Å². The van der Waals surface area contributed by atoms with Gasteiger partial charge >= 0.3 is 5.97 Å². The van der Waals surface area contributed by atoms with Crippen LogP contribution in [-0.4, -0.2) is 24.2 Å². The second-order valence-electron chi connectivity index (χ2n) is 3.43. The second kappa shape index (κ2) is 7.82. The largest absolute Gasteiger partial charge is 0.464 e. The Labute approximate surface area is 95.6 Å². The molecular weight excluding hydrogens is 206 g/mol. The number of unbranched alkanes of at least 4 members (excludes halogenated alkanes) is 1. The van der Waals surface area contributed by atoms with Gasteiger partial charge in [-0.3, -0.25) is 4.98 Å². The van der Waals surface area contributed by atoms with Crippen molar-refractivity contribution in [3.8, 4) is 0 Å². The molecule has 4 heteroatoms. The molecule has 1 aromatic heterocycles. The lowest BCUT2D eigenvalue weighted by Gasteiger charge is -2.04. The van der Waals surface area contributed by atoms with Gasteiger partial charge < -0.3 is 9.47 Å². The highest BCUT2D eigenvalue weighted by Crippen LogP contribution is 1.98.